The van der Waals surface area contributed by atoms with Crippen molar-refractivity contribution in [2.75, 3.05) is 0 Å². The molecule has 0 saturated heterocycles. The van der Waals surface area contributed by atoms with Gasteiger partial charge in [0.05, 0.1) is 4.83 Å². The number of benzene rings is 1. The van der Waals surface area contributed by atoms with E-state index in [9.17, 15) is 9.18 Å². The quantitative estimate of drug-likeness (QED) is 0.770. The Bertz CT molecular complexity index is 421. The average molecular weight is 301 g/mol. The van der Waals surface area contributed by atoms with Gasteiger partial charge >= 0.3 is 0 Å². The lowest BCUT2D eigenvalue weighted by molar-refractivity contribution is -0.125. The molecule has 0 aliphatic heterocycles. The van der Waals surface area contributed by atoms with E-state index in [0.717, 1.165) is 5.56 Å². The van der Waals surface area contributed by atoms with Gasteiger partial charge in [-0.3, -0.25) is 4.79 Å². The van der Waals surface area contributed by atoms with Gasteiger partial charge in [-0.2, -0.15) is 0 Å². The third-order valence-corrected chi connectivity index (χ3v) is 3.37. The predicted molar refractivity (Wildman–Crippen MR) is 72.0 cm³/mol. The molecule has 1 rings (SSSR count). The van der Waals surface area contributed by atoms with Gasteiger partial charge in [-0.05, 0) is 30.5 Å². The highest BCUT2D eigenvalue weighted by atomic mass is 79.9. The molecule has 0 amide bonds. The number of Topliss-reactive ketones (excluding diaryl/α,β-unsaturated/α-hetero) is 1. The van der Waals surface area contributed by atoms with Crippen LogP contribution in [0, 0.1) is 18.2 Å². The zero-order chi connectivity index (χ0) is 13.2. The van der Waals surface area contributed by atoms with Gasteiger partial charge in [0.2, 0.25) is 0 Å². The van der Waals surface area contributed by atoms with E-state index in [4.69, 9.17) is 0 Å². The van der Waals surface area contributed by atoms with Gasteiger partial charge in [0, 0.05) is 5.41 Å². The third kappa shape index (κ3) is 3.91. The van der Waals surface area contributed by atoms with Gasteiger partial charge in [-0.15, -0.1) is 0 Å². The molecule has 94 valence electrons. The summed E-state index contributed by atoms with van der Waals surface area (Å²) in [5.41, 5.74) is 1.06. The van der Waals surface area contributed by atoms with Crippen molar-refractivity contribution in [3.05, 3.63) is 35.1 Å². The van der Waals surface area contributed by atoms with Crippen LogP contribution in [0.5, 0.6) is 0 Å². The number of hydrogen-bond acceptors (Lipinski definition) is 1. The summed E-state index contributed by atoms with van der Waals surface area (Å²) >= 11 is 3.35. The summed E-state index contributed by atoms with van der Waals surface area (Å²) in [4.78, 5) is 11.6. The molecular weight excluding hydrogens is 283 g/mol. The van der Waals surface area contributed by atoms with Crippen LogP contribution in [0.1, 0.15) is 31.9 Å². The lowest BCUT2D eigenvalue weighted by Gasteiger charge is -2.20. The number of ketones is 1. The highest BCUT2D eigenvalue weighted by molar-refractivity contribution is 9.10. The number of aryl methyl sites for hydroxylation is 1. The topological polar surface area (TPSA) is 17.1 Å². The summed E-state index contributed by atoms with van der Waals surface area (Å²) < 4.78 is 13.6. The second kappa shape index (κ2) is 5.30. The Balaban J connectivity index is 2.81. The van der Waals surface area contributed by atoms with E-state index >= 15 is 0 Å². The van der Waals surface area contributed by atoms with Crippen LogP contribution in [0.2, 0.25) is 0 Å². The van der Waals surface area contributed by atoms with Gasteiger partial charge in [0.1, 0.15) is 5.82 Å². The van der Waals surface area contributed by atoms with E-state index in [-0.39, 0.29) is 16.4 Å². The zero-order valence-corrected chi connectivity index (χ0v) is 12.3. The van der Waals surface area contributed by atoms with Crippen LogP contribution in [-0.4, -0.2) is 10.6 Å². The van der Waals surface area contributed by atoms with E-state index in [1.54, 1.807) is 6.07 Å². The minimum atomic E-state index is -0.407. The van der Waals surface area contributed by atoms with E-state index in [1.165, 1.54) is 6.07 Å². The lowest BCUT2D eigenvalue weighted by Crippen LogP contribution is -2.30. The molecular formula is C14H18BrFO. The standard InChI is InChI=1S/C14H18BrFO/c1-9-5-6-10(12(16)7-9)8-11(15)13(17)14(2,3)4/h5-7,11H,8H2,1-4H3. The molecule has 0 spiro atoms. The van der Waals surface area contributed by atoms with E-state index in [0.29, 0.717) is 12.0 Å². The minimum absolute atomic E-state index is 0.0949. The number of carbonyl (C=O) groups is 1. The Morgan fingerprint density at radius 2 is 2.00 bits per heavy atom. The van der Waals surface area contributed by atoms with Crippen molar-refractivity contribution < 1.29 is 9.18 Å². The molecule has 1 aromatic rings. The van der Waals surface area contributed by atoms with E-state index in [1.807, 2.05) is 33.8 Å². The SMILES string of the molecule is Cc1ccc(CC(Br)C(=O)C(C)(C)C)c(F)c1. The Labute approximate surface area is 111 Å². The highest BCUT2D eigenvalue weighted by Crippen LogP contribution is 2.24. The van der Waals surface area contributed by atoms with Crippen LogP contribution in [0.3, 0.4) is 0 Å². The molecule has 3 heteroatoms. The molecule has 0 N–H and O–H groups in total. The molecule has 1 atom stereocenters. The monoisotopic (exact) mass is 300 g/mol. The highest BCUT2D eigenvalue weighted by Gasteiger charge is 2.28. The molecule has 0 fully saturated rings. The van der Waals surface area contributed by atoms with Gasteiger partial charge in [-0.1, -0.05) is 48.8 Å². The van der Waals surface area contributed by atoms with Crippen LogP contribution in [0.25, 0.3) is 0 Å². The summed E-state index contributed by atoms with van der Waals surface area (Å²) in [7, 11) is 0. The minimum Gasteiger partial charge on any atom is -0.298 e. The van der Waals surface area contributed by atoms with Crippen molar-refractivity contribution in [2.24, 2.45) is 5.41 Å². The van der Waals surface area contributed by atoms with Crippen molar-refractivity contribution in [3.8, 4) is 0 Å². The average Bonchev–Trinajstić information content (AvgIpc) is 2.19. The zero-order valence-electron chi connectivity index (χ0n) is 10.7. The molecule has 0 aromatic heterocycles. The number of carbonyl (C=O) groups excluding carboxylic acids is 1. The fraction of sp³-hybridized carbons (Fsp3) is 0.500. The summed E-state index contributed by atoms with van der Waals surface area (Å²) in [6.07, 6.45) is 0.391. The van der Waals surface area contributed by atoms with Crippen molar-refractivity contribution in [1.82, 2.24) is 0 Å². The number of hydrogen-bond donors (Lipinski definition) is 0. The fourth-order valence-corrected chi connectivity index (χ4v) is 2.61. The van der Waals surface area contributed by atoms with Crippen LogP contribution >= 0.6 is 15.9 Å². The number of alkyl halides is 1. The maximum atomic E-state index is 13.6. The number of halogens is 2. The first-order chi connectivity index (χ1) is 7.71. The molecule has 0 bridgehead atoms. The first-order valence-corrected chi connectivity index (χ1v) is 6.57. The predicted octanol–water partition coefficient (Wildman–Crippen LogP) is 4.06. The molecule has 0 saturated carbocycles. The van der Waals surface area contributed by atoms with E-state index in [2.05, 4.69) is 15.9 Å². The Morgan fingerprint density at radius 1 is 1.41 bits per heavy atom. The summed E-state index contributed by atoms with van der Waals surface area (Å²) in [5, 5.41) is 0. The van der Waals surface area contributed by atoms with Crippen LogP contribution in [0.4, 0.5) is 4.39 Å². The Morgan fingerprint density at radius 3 is 2.47 bits per heavy atom. The molecule has 1 nitrogen and oxygen atoms in total. The summed E-state index contributed by atoms with van der Waals surface area (Å²) in [6.45, 7) is 7.46. The molecule has 17 heavy (non-hydrogen) atoms. The summed E-state index contributed by atoms with van der Waals surface area (Å²) in [6, 6.07) is 5.10. The maximum Gasteiger partial charge on any atom is 0.152 e. The van der Waals surface area contributed by atoms with Crippen LogP contribution in [0.15, 0.2) is 18.2 Å². The van der Waals surface area contributed by atoms with Crippen molar-refractivity contribution >= 4 is 21.7 Å². The third-order valence-electron chi connectivity index (χ3n) is 2.63. The second-order valence-electron chi connectivity index (χ2n) is 5.38. The first-order valence-electron chi connectivity index (χ1n) is 5.65. The summed E-state index contributed by atoms with van der Waals surface area (Å²) in [5.74, 6) is -0.145. The van der Waals surface area contributed by atoms with Crippen LogP contribution in [-0.2, 0) is 11.2 Å². The van der Waals surface area contributed by atoms with Gasteiger partial charge < -0.3 is 0 Å². The van der Waals surface area contributed by atoms with Crippen molar-refractivity contribution in [1.29, 1.82) is 0 Å². The normalized spacial score (nSPS) is 13.5. The van der Waals surface area contributed by atoms with Crippen molar-refractivity contribution in [3.63, 3.8) is 0 Å². The lowest BCUT2D eigenvalue weighted by atomic mass is 9.87. The van der Waals surface area contributed by atoms with Gasteiger partial charge in [0.25, 0.3) is 0 Å². The molecule has 0 aliphatic rings. The van der Waals surface area contributed by atoms with Gasteiger partial charge in [0.15, 0.2) is 5.78 Å². The number of rotatable bonds is 3. The molecule has 0 aliphatic carbocycles. The molecule has 0 radical (unpaired) electrons. The molecule has 1 unspecified atom stereocenters. The first kappa shape index (κ1) is 14.4. The van der Waals surface area contributed by atoms with Crippen molar-refractivity contribution in [2.45, 2.75) is 38.9 Å². The molecule has 0 heterocycles. The maximum absolute atomic E-state index is 13.6. The molecule has 1 aromatic carbocycles. The fourth-order valence-electron chi connectivity index (χ4n) is 1.57. The van der Waals surface area contributed by atoms with Gasteiger partial charge in [-0.25, -0.2) is 4.39 Å². The largest absolute Gasteiger partial charge is 0.298 e. The smallest absolute Gasteiger partial charge is 0.152 e. The second-order valence-corrected chi connectivity index (χ2v) is 6.49. The Kier molecular flexibility index (Phi) is 4.48. The van der Waals surface area contributed by atoms with Crippen LogP contribution < -0.4 is 0 Å². The Hall–Kier alpha value is -0.700. The van der Waals surface area contributed by atoms with E-state index < -0.39 is 5.41 Å².